The van der Waals surface area contributed by atoms with Crippen LogP contribution in [0.25, 0.3) is 11.2 Å². The van der Waals surface area contributed by atoms with Crippen molar-refractivity contribution < 1.29 is 0 Å². The Morgan fingerprint density at radius 3 is 2.89 bits per heavy atom. The van der Waals surface area contributed by atoms with Crippen molar-refractivity contribution >= 4 is 23.4 Å². The summed E-state index contributed by atoms with van der Waals surface area (Å²) < 4.78 is 2.92. The molecule has 0 amide bonds. The van der Waals surface area contributed by atoms with Crippen LogP contribution < -0.4 is 0 Å². The van der Waals surface area contributed by atoms with Gasteiger partial charge in [-0.1, -0.05) is 0 Å². The molecule has 0 aromatic carbocycles. The van der Waals surface area contributed by atoms with Gasteiger partial charge >= 0.3 is 0 Å². The van der Waals surface area contributed by atoms with Crippen molar-refractivity contribution in [3.8, 4) is 0 Å². The summed E-state index contributed by atoms with van der Waals surface area (Å²) in [5.74, 6) is 0. The Kier molecular flexibility index (Phi) is 2.75. The normalized spacial score (nSPS) is 18.2. The molecule has 2 aromatic heterocycles. The third kappa shape index (κ3) is 1.69. The molecule has 0 bridgehead atoms. The largest absolute Gasteiger partial charge is 0.329 e. The number of fused-ring (bicyclic) bond motifs is 1. The monoisotopic (exact) mass is 262 g/mol. The van der Waals surface area contributed by atoms with Crippen LogP contribution in [0.2, 0.25) is 0 Å². The fourth-order valence-electron chi connectivity index (χ4n) is 2.76. The molecule has 5 heteroatoms. The number of imidazole rings is 1. The van der Waals surface area contributed by atoms with Crippen LogP contribution in [-0.2, 0) is 6.54 Å². The first-order valence-corrected chi connectivity index (χ1v) is 6.74. The Balaban J connectivity index is 2.05. The van der Waals surface area contributed by atoms with Crippen molar-refractivity contribution in [3.63, 3.8) is 0 Å². The molecular weight excluding hydrogens is 244 g/mol. The average molecular weight is 262 g/mol. The van der Waals surface area contributed by atoms with Crippen molar-refractivity contribution in [1.82, 2.24) is 19.4 Å². The van der Waals surface area contributed by atoms with Gasteiger partial charge in [0.05, 0.1) is 5.52 Å². The highest BCUT2D eigenvalue weighted by molar-refractivity contribution is 7.71. The zero-order valence-electron chi connectivity index (χ0n) is 10.8. The second-order valence-electron chi connectivity index (χ2n) is 5.36. The van der Waals surface area contributed by atoms with Crippen LogP contribution >= 0.6 is 12.2 Å². The summed E-state index contributed by atoms with van der Waals surface area (Å²) in [6, 6.07) is 3.96. The molecule has 96 valence electrons. The van der Waals surface area contributed by atoms with Gasteiger partial charge in [-0.25, -0.2) is 4.98 Å². The van der Waals surface area contributed by atoms with Crippen molar-refractivity contribution in [2.24, 2.45) is 0 Å². The molecule has 2 heterocycles. The van der Waals surface area contributed by atoms with Crippen molar-refractivity contribution in [1.29, 1.82) is 0 Å². The smallest absolute Gasteiger partial charge is 0.179 e. The number of hydrogen-bond acceptors (Lipinski definition) is 3. The van der Waals surface area contributed by atoms with Crippen LogP contribution in [0.1, 0.15) is 19.3 Å². The summed E-state index contributed by atoms with van der Waals surface area (Å²) in [5.41, 5.74) is 2.25. The summed E-state index contributed by atoms with van der Waals surface area (Å²) in [4.78, 5) is 10.0. The minimum atomic E-state index is 0.255. The molecule has 18 heavy (non-hydrogen) atoms. The van der Waals surface area contributed by atoms with Crippen molar-refractivity contribution in [3.05, 3.63) is 23.1 Å². The van der Waals surface area contributed by atoms with Crippen LogP contribution in [-0.4, -0.2) is 39.1 Å². The molecule has 2 aromatic rings. The summed E-state index contributed by atoms with van der Waals surface area (Å²) in [7, 11) is 4.32. The number of aromatic nitrogens is 3. The number of rotatable bonds is 3. The summed E-state index contributed by atoms with van der Waals surface area (Å²) >= 11 is 5.43. The van der Waals surface area contributed by atoms with E-state index in [4.69, 9.17) is 12.2 Å². The van der Waals surface area contributed by atoms with E-state index >= 15 is 0 Å². The maximum atomic E-state index is 5.43. The fourth-order valence-corrected chi connectivity index (χ4v) is 3.02. The topological polar surface area (TPSA) is 36.9 Å². The molecule has 0 atom stereocenters. The van der Waals surface area contributed by atoms with E-state index in [1.807, 2.05) is 18.3 Å². The number of aromatic amines is 1. The molecule has 0 aliphatic heterocycles. The Bertz CT molecular complexity index is 621. The molecule has 1 aliphatic carbocycles. The van der Waals surface area contributed by atoms with Gasteiger partial charge < -0.3 is 9.88 Å². The predicted octanol–water partition coefficient (Wildman–Crippen LogP) is 2.58. The van der Waals surface area contributed by atoms with E-state index in [9.17, 15) is 0 Å². The number of pyridine rings is 1. The molecule has 0 unspecified atom stereocenters. The summed E-state index contributed by atoms with van der Waals surface area (Å²) in [6.07, 6.45) is 5.61. The van der Waals surface area contributed by atoms with Gasteiger partial charge in [-0.15, -0.1) is 0 Å². The van der Waals surface area contributed by atoms with Gasteiger partial charge in [0.15, 0.2) is 10.4 Å². The quantitative estimate of drug-likeness (QED) is 0.864. The number of H-pyrrole nitrogens is 1. The maximum absolute atomic E-state index is 5.43. The van der Waals surface area contributed by atoms with Gasteiger partial charge in [0, 0.05) is 18.3 Å². The average Bonchev–Trinajstić information content (AvgIpc) is 2.59. The number of hydrogen-bond donors (Lipinski definition) is 1. The Hall–Kier alpha value is -1.20. The van der Waals surface area contributed by atoms with Crippen LogP contribution in [0.15, 0.2) is 18.3 Å². The first kappa shape index (κ1) is 11.9. The zero-order valence-corrected chi connectivity index (χ0v) is 11.6. The summed E-state index contributed by atoms with van der Waals surface area (Å²) in [6.45, 7) is 0.926. The summed E-state index contributed by atoms with van der Waals surface area (Å²) in [5, 5.41) is 0. The Labute approximate surface area is 112 Å². The third-order valence-corrected chi connectivity index (χ3v) is 4.54. The third-order valence-electron chi connectivity index (χ3n) is 4.21. The number of likely N-dealkylation sites (N-methyl/N-ethyl adjacent to an activating group) is 1. The predicted molar refractivity (Wildman–Crippen MR) is 75.2 cm³/mol. The lowest BCUT2D eigenvalue weighted by Gasteiger charge is -2.47. The highest BCUT2D eigenvalue weighted by Crippen LogP contribution is 2.38. The number of nitrogens with zero attached hydrogens (tertiary/aromatic N) is 3. The molecular formula is C13H18N4S. The van der Waals surface area contributed by atoms with Gasteiger partial charge in [0.2, 0.25) is 0 Å². The molecule has 0 radical (unpaired) electrons. The van der Waals surface area contributed by atoms with Crippen molar-refractivity contribution in [2.75, 3.05) is 14.1 Å². The lowest BCUT2D eigenvalue weighted by molar-refractivity contribution is 0.0430. The second kappa shape index (κ2) is 4.17. The highest BCUT2D eigenvalue weighted by Gasteiger charge is 2.39. The minimum Gasteiger partial charge on any atom is -0.329 e. The van der Waals surface area contributed by atoms with Crippen LogP contribution in [0.4, 0.5) is 0 Å². The molecule has 0 saturated heterocycles. The highest BCUT2D eigenvalue weighted by atomic mass is 32.1. The van der Waals surface area contributed by atoms with Gasteiger partial charge in [-0.3, -0.25) is 4.57 Å². The van der Waals surface area contributed by atoms with E-state index in [1.54, 1.807) is 0 Å². The zero-order chi connectivity index (χ0) is 12.8. The molecule has 3 rings (SSSR count). The molecule has 1 N–H and O–H groups in total. The van der Waals surface area contributed by atoms with Crippen LogP contribution in [0.3, 0.4) is 0 Å². The first-order valence-electron chi connectivity index (χ1n) is 6.33. The molecule has 1 fully saturated rings. The van der Waals surface area contributed by atoms with Gasteiger partial charge in [-0.05, 0) is 57.7 Å². The molecule has 1 aliphatic rings. The van der Waals surface area contributed by atoms with E-state index < -0.39 is 0 Å². The van der Waals surface area contributed by atoms with Crippen LogP contribution in [0.5, 0.6) is 0 Å². The van der Waals surface area contributed by atoms with E-state index in [-0.39, 0.29) is 5.54 Å². The van der Waals surface area contributed by atoms with E-state index in [0.29, 0.717) is 0 Å². The molecule has 1 saturated carbocycles. The lowest BCUT2D eigenvalue weighted by Crippen LogP contribution is -2.53. The fraction of sp³-hybridized carbons (Fsp3) is 0.538. The minimum absolute atomic E-state index is 0.255. The van der Waals surface area contributed by atoms with E-state index in [1.165, 1.54) is 19.3 Å². The van der Waals surface area contributed by atoms with Crippen LogP contribution in [0, 0.1) is 4.77 Å². The van der Waals surface area contributed by atoms with E-state index in [2.05, 4.69) is 33.5 Å². The molecule has 4 nitrogen and oxygen atoms in total. The maximum Gasteiger partial charge on any atom is 0.179 e. The standard InChI is InChI=1S/C13H18N4S/c1-16(2)13(6-4-7-13)9-17-11-10(15-12(17)18)5-3-8-14-11/h3,5,8H,4,6-7,9H2,1-2H3,(H,15,18). The van der Waals surface area contributed by atoms with Gasteiger partial charge in [0.1, 0.15) is 0 Å². The first-order chi connectivity index (χ1) is 8.62. The van der Waals surface area contributed by atoms with Gasteiger partial charge in [0.25, 0.3) is 0 Å². The number of nitrogens with one attached hydrogen (secondary N) is 1. The van der Waals surface area contributed by atoms with Crippen molar-refractivity contribution in [2.45, 2.75) is 31.3 Å². The molecule has 0 spiro atoms. The Morgan fingerprint density at radius 2 is 2.28 bits per heavy atom. The SMILES string of the molecule is CN(C)C1(Cn2c(=S)[nH]c3cccnc32)CCC1. The van der Waals surface area contributed by atoms with Gasteiger partial charge in [-0.2, -0.15) is 0 Å². The second-order valence-corrected chi connectivity index (χ2v) is 5.75. The lowest BCUT2D eigenvalue weighted by atomic mass is 9.75. The Morgan fingerprint density at radius 1 is 1.50 bits per heavy atom. The van der Waals surface area contributed by atoms with E-state index in [0.717, 1.165) is 22.5 Å².